The number of amides is 1. The quantitative estimate of drug-likeness (QED) is 0.853. The largest absolute Gasteiger partial charge is 0.480 e. The lowest BCUT2D eigenvalue weighted by Crippen LogP contribution is -2.50. The van der Waals surface area contributed by atoms with Crippen LogP contribution in [0.4, 0.5) is 0 Å². The molecule has 108 valence electrons. The van der Waals surface area contributed by atoms with E-state index in [1.807, 2.05) is 24.3 Å². The Morgan fingerprint density at radius 2 is 2.05 bits per heavy atom. The highest BCUT2D eigenvalue weighted by Crippen LogP contribution is 2.24. The van der Waals surface area contributed by atoms with Gasteiger partial charge >= 0.3 is 5.97 Å². The van der Waals surface area contributed by atoms with Crippen LogP contribution in [0.15, 0.2) is 36.5 Å². The van der Waals surface area contributed by atoms with Crippen molar-refractivity contribution in [3.63, 3.8) is 0 Å². The number of likely N-dealkylation sites (tertiary alicyclic amines) is 1. The minimum Gasteiger partial charge on any atom is -0.480 e. The number of hydrogen-bond donors (Lipinski definition) is 2. The van der Waals surface area contributed by atoms with E-state index in [1.165, 1.54) is 4.90 Å². The van der Waals surface area contributed by atoms with Crippen molar-refractivity contribution in [2.75, 3.05) is 13.1 Å². The maximum atomic E-state index is 12.6. The number of nitrogens with zero attached hydrogens (tertiary/aromatic N) is 2. The van der Waals surface area contributed by atoms with Gasteiger partial charge in [0.1, 0.15) is 5.54 Å². The molecule has 2 aromatic rings. The second kappa shape index (κ2) is 4.82. The van der Waals surface area contributed by atoms with E-state index in [2.05, 4.69) is 4.98 Å². The Morgan fingerprint density at radius 3 is 2.76 bits per heavy atom. The Morgan fingerprint density at radius 1 is 1.29 bits per heavy atom. The van der Waals surface area contributed by atoms with Crippen molar-refractivity contribution in [1.82, 2.24) is 9.88 Å². The summed E-state index contributed by atoms with van der Waals surface area (Å²) in [6.07, 6.45) is 1.84. The minimum atomic E-state index is -1.35. The molecule has 1 aliphatic heterocycles. The third kappa shape index (κ3) is 2.23. The summed E-state index contributed by atoms with van der Waals surface area (Å²) in [6, 6.07) is 9.02. The van der Waals surface area contributed by atoms with Crippen LogP contribution in [-0.2, 0) is 4.79 Å². The Kier molecular flexibility index (Phi) is 3.10. The van der Waals surface area contributed by atoms with Gasteiger partial charge in [-0.25, -0.2) is 0 Å². The van der Waals surface area contributed by atoms with Gasteiger partial charge in [-0.05, 0) is 18.6 Å². The van der Waals surface area contributed by atoms with Gasteiger partial charge in [-0.2, -0.15) is 0 Å². The van der Waals surface area contributed by atoms with Crippen LogP contribution in [-0.4, -0.2) is 45.5 Å². The number of carbonyl (C=O) groups is 2. The average Bonchev–Trinajstić information content (AvgIpc) is 2.90. The molecule has 1 aromatic heterocycles. The van der Waals surface area contributed by atoms with Crippen LogP contribution in [0, 0.1) is 0 Å². The second-order valence-corrected chi connectivity index (χ2v) is 5.31. The molecule has 1 aromatic carbocycles. The van der Waals surface area contributed by atoms with Crippen LogP contribution < -0.4 is 5.73 Å². The van der Waals surface area contributed by atoms with Crippen LogP contribution in [0.25, 0.3) is 10.9 Å². The topological polar surface area (TPSA) is 96.5 Å². The molecular weight excluding hydrogens is 270 g/mol. The summed E-state index contributed by atoms with van der Waals surface area (Å²) in [5.41, 5.74) is 5.73. The van der Waals surface area contributed by atoms with Gasteiger partial charge < -0.3 is 15.7 Å². The maximum absolute atomic E-state index is 12.6. The predicted octanol–water partition coefficient (Wildman–Crippen LogP) is 0.863. The number of aliphatic carboxylic acids is 1. The van der Waals surface area contributed by atoms with Crippen molar-refractivity contribution in [1.29, 1.82) is 0 Å². The number of carboxylic acids is 1. The standard InChI is InChI=1S/C15H15N3O3/c16-15(14(20)21)6-8-18(9-15)13(19)11-5-7-17-12-4-2-1-3-10(11)12/h1-5,7H,6,8-9,16H2,(H,20,21). The fourth-order valence-electron chi connectivity index (χ4n) is 2.63. The van der Waals surface area contributed by atoms with Gasteiger partial charge in [0.2, 0.25) is 0 Å². The van der Waals surface area contributed by atoms with E-state index in [4.69, 9.17) is 10.8 Å². The van der Waals surface area contributed by atoms with Crippen molar-refractivity contribution < 1.29 is 14.7 Å². The molecule has 1 amide bonds. The molecule has 0 saturated carbocycles. The zero-order valence-electron chi connectivity index (χ0n) is 11.3. The molecule has 3 N–H and O–H groups in total. The molecule has 21 heavy (non-hydrogen) atoms. The first kappa shape index (κ1) is 13.5. The first-order valence-electron chi connectivity index (χ1n) is 6.66. The maximum Gasteiger partial charge on any atom is 0.325 e. The SMILES string of the molecule is NC1(C(=O)O)CCN(C(=O)c2ccnc3ccccc23)C1. The lowest BCUT2D eigenvalue weighted by Gasteiger charge is -2.20. The zero-order chi connectivity index (χ0) is 15.0. The zero-order valence-corrected chi connectivity index (χ0v) is 11.3. The van der Waals surface area contributed by atoms with E-state index in [9.17, 15) is 9.59 Å². The summed E-state index contributed by atoms with van der Waals surface area (Å²) in [7, 11) is 0. The highest BCUT2D eigenvalue weighted by Gasteiger charge is 2.43. The van der Waals surface area contributed by atoms with E-state index >= 15 is 0 Å². The van der Waals surface area contributed by atoms with E-state index in [0.717, 1.165) is 10.9 Å². The number of aromatic nitrogens is 1. The average molecular weight is 285 g/mol. The molecule has 0 radical (unpaired) electrons. The van der Waals surface area contributed by atoms with Gasteiger partial charge in [-0.3, -0.25) is 14.6 Å². The molecule has 1 aliphatic rings. The molecule has 6 heteroatoms. The van der Waals surface area contributed by atoms with E-state index in [0.29, 0.717) is 12.1 Å². The summed E-state index contributed by atoms with van der Waals surface area (Å²) in [6.45, 7) is 0.371. The molecule has 1 saturated heterocycles. The van der Waals surface area contributed by atoms with Crippen LogP contribution >= 0.6 is 0 Å². The van der Waals surface area contributed by atoms with Gasteiger partial charge in [0.15, 0.2) is 0 Å². The van der Waals surface area contributed by atoms with Crippen molar-refractivity contribution in [3.05, 3.63) is 42.1 Å². The van der Waals surface area contributed by atoms with Gasteiger partial charge in [0.05, 0.1) is 11.1 Å². The van der Waals surface area contributed by atoms with Crippen LogP contribution in [0.5, 0.6) is 0 Å². The number of hydrogen-bond acceptors (Lipinski definition) is 4. The van der Waals surface area contributed by atoms with Gasteiger partial charge in [0.25, 0.3) is 5.91 Å². The van der Waals surface area contributed by atoms with E-state index in [-0.39, 0.29) is 18.9 Å². The number of pyridine rings is 1. The van der Waals surface area contributed by atoms with Crippen molar-refractivity contribution in [2.24, 2.45) is 5.73 Å². The lowest BCUT2D eigenvalue weighted by atomic mass is 10.0. The molecule has 1 atom stereocenters. The molecule has 0 bridgehead atoms. The highest BCUT2D eigenvalue weighted by molar-refractivity contribution is 6.06. The number of nitrogens with two attached hydrogens (primary N) is 1. The first-order valence-corrected chi connectivity index (χ1v) is 6.66. The van der Waals surface area contributed by atoms with Crippen LogP contribution in [0.1, 0.15) is 16.8 Å². The Labute approximate surface area is 121 Å². The Hall–Kier alpha value is -2.47. The molecule has 1 unspecified atom stereocenters. The second-order valence-electron chi connectivity index (χ2n) is 5.31. The summed E-state index contributed by atoms with van der Waals surface area (Å²) in [5, 5.41) is 9.90. The Bertz CT molecular complexity index is 726. The predicted molar refractivity (Wildman–Crippen MR) is 76.8 cm³/mol. The van der Waals surface area contributed by atoms with Gasteiger partial charge in [-0.15, -0.1) is 0 Å². The number of carboxylic acid groups (broad SMARTS) is 1. The number of para-hydroxylation sites is 1. The van der Waals surface area contributed by atoms with Crippen LogP contribution in [0.3, 0.4) is 0 Å². The van der Waals surface area contributed by atoms with Crippen molar-refractivity contribution >= 4 is 22.8 Å². The van der Waals surface area contributed by atoms with Gasteiger partial charge in [-0.1, -0.05) is 18.2 Å². The lowest BCUT2D eigenvalue weighted by molar-refractivity contribution is -0.142. The molecule has 1 fully saturated rings. The van der Waals surface area contributed by atoms with Gasteiger partial charge in [0, 0.05) is 24.7 Å². The van der Waals surface area contributed by atoms with E-state index < -0.39 is 11.5 Å². The summed E-state index contributed by atoms with van der Waals surface area (Å²) in [5.74, 6) is -1.28. The minimum absolute atomic E-state index is 0.0256. The van der Waals surface area contributed by atoms with Crippen molar-refractivity contribution in [3.8, 4) is 0 Å². The van der Waals surface area contributed by atoms with E-state index in [1.54, 1.807) is 12.3 Å². The smallest absolute Gasteiger partial charge is 0.325 e. The fraction of sp³-hybridized carbons (Fsp3) is 0.267. The molecule has 3 rings (SSSR count). The summed E-state index contributed by atoms with van der Waals surface area (Å²) >= 11 is 0. The number of benzene rings is 1. The molecule has 6 nitrogen and oxygen atoms in total. The summed E-state index contributed by atoms with van der Waals surface area (Å²) < 4.78 is 0. The molecule has 0 spiro atoms. The number of carbonyl (C=O) groups excluding carboxylic acids is 1. The summed E-state index contributed by atoms with van der Waals surface area (Å²) in [4.78, 5) is 29.5. The molecule has 0 aliphatic carbocycles. The monoisotopic (exact) mass is 285 g/mol. The van der Waals surface area contributed by atoms with Crippen molar-refractivity contribution in [2.45, 2.75) is 12.0 Å². The number of rotatable bonds is 2. The molecular formula is C15H15N3O3. The third-order valence-electron chi connectivity index (χ3n) is 3.89. The number of fused-ring (bicyclic) bond motifs is 1. The molecule has 2 heterocycles. The normalized spacial score (nSPS) is 21.7. The van der Waals surface area contributed by atoms with Crippen LogP contribution in [0.2, 0.25) is 0 Å². The fourth-order valence-corrected chi connectivity index (χ4v) is 2.63. The first-order chi connectivity index (χ1) is 10.0. The highest BCUT2D eigenvalue weighted by atomic mass is 16.4. The Balaban J connectivity index is 1.94. The third-order valence-corrected chi connectivity index (χ3v) is 3.89.